The molecule has 6 aromatic heterocycles. The lowest BCUT2D eigenvalue weighted by Crippen LogP contribution is -2.14. The summed E-state index contributed by atoms with van der Waals surface area (Å²) in [5, 5.41) is 1.16. The lowest BCUT2D eigenvalue weighted by atomic mass is 10.1. The molecule has 6 heterocycles. The van der Waals surface area contributed by atoms with Gasteiger partial charge in [0.2, 0.25) is 0 Å². The molecule has 0 spiro atoms. The highest BCUT2D eigenvalue weighted by atomic mass is 16.1. The zero-order chi connectivity index (χ0) is 36.1. The minimum atomic E-state index is -0.0220. The summed E-state index contributed by atoms with van der Waals surface area (Å²) in [6.07, 6.45) is 5.58. The highest BCUT2D eigenvalue weighted by Crippen LogP contribution is 2.18. The SMILES string of the molecule is Cc1cc(=O)n2cccc(C)c2n1.Cc1cnc2cccc(C)c2n1.Cc1nc(C)c2cccc(C)c2n1.Cc1nc2c(C)cccn2c1C. The molecule has 50 heavy (non-hydrogen) atoms. The smallest absolute Gasteiger partial charge is 0.258 e. The van der Waals surface area contributed by atoms with E-state index < -0.39 is 0 Å². The van der Waals surface area contributed by atoms with Crippen LogP contribution in [-0.2, 0) is 0 Å². The van der Waals surface area contributed by atoms with E-state index in [9.17, 15) is 4.79 Å². The second kappa shape index (κ2) is 15.2. The van der Waals surface area contributed by atoms with Gasteiger partial charge in [-0.15, -0.1) is 0 Å². The van der Waals surface area contributed by atoms with Gasteiger partial charge in [0.25, 0.3) is 5.56 Å². The summed E-state index contributed by atoms with van der Waals surface area (Å²) in [7, 11) is 0. The highest BCUT2D eigenvalue weighted by Gasteiger charge is 2.05. The molecule has 8 aromatic rings. The largest absolute Gasteiger partial charge is 0.304 e. The molecule has 0 amide bonds. The molecular formula is C41H44N8O. The Morgan fingerprint density at radius 3 is 1.80 bits per heavy atom. The van der Waals surface area contributed by atoms with Crippen LogP contribution in [0.25, 0.3) is 33.2 Å². The van der Waals surface area contributed by atoms with Gasteiger partial charge < -0.3 is 4.40 Å². The van der Waals surface area contributed by atoms with Crippen molar-refractivity contribution in [1.82, 2.24) is 38.7 Å². The van der Waals surface area contributed by atoms with Crippen LogP contribution in [0.2, 0.25) is 0 Å². The molecule has 9 nitrogen and oxygen atoms in total. The van der Waals surface area contributed by atoms with E-state index in [1.165, 1.54) is 28.5 Å². The Bertz CT molecular complexity index is 2530. The molecule has 0 aliphatic heterocycles. The number of aryl methyl sites for hydroxylation is 10. The molecule has 2 aromatic carbocycles. The van der Waals surface area contributed by atoms with E-state index in [0.29, 0.717) is 0 Å². The summed E-state index contributed by atoms with van der Waals surface area (Å²) in [5.74, 6) is 0.847. The molecule has 0 atom stereocenters. The predicted molar refractivity (Wildman–Crippen MR) is 203 cm³/mol. The third-order valence-electron chi connectivity index (χ3n) is 8.46. The first-order valence-corrected chi connectivity index (χ1v) is 16.6. The van der Waals surface area contributed by atoms with Gasteiger partial charge in [-0.1, -0.05) is 42.5 Å². The topological polar surface area (TPSA) is 103 Å². The van der Waals surface area contributed by atoms with Crippen LogP contribution in [0, 0.1) is 69.2 Å². The Hall–Kier alpha value is -5.83. The van der Waals surface area contributed by atoms with E-state index in [2.05, 4.69) is 98.5 Å². The number of para-hydroxylation sites is 2. The summed E-state index contributed by atoms with van der Waals surface area (Å²) < 4.78 is 3.69. The van der Waals surface area contributed by atoms with Gasteiger partial charge in [0, 0.05) is 47.1 Å². The van der Waals surface area contributed by atoms with Crippen molar-refractivity contribution < 1.29 is 0 Å². The Morgan fingerprint density at radius 1 is 0.520 bits per heavy atom. The summed E-state index contributed by atoms with van der Waals surface area (Å²) in [6, 6.07) is 21.7. The zero-order valence-electron chi connectivity index (χ0n) is 30.6. The van der Waals surface area contributed by atoms with E-state index >= 15 is 0 Å². The maximum absolute atomic E-state index is 11.5. The third kappa shape index (κ3) is 7.89. The van der Waals surface area contributed by atoms with Crippen LogP contribution in [0.3, 0.4) is 0 Å². The van der Waals surface area contributed by atoms with Crippen LogP contribution in [0.4, 0.5) is 0 Å². The van der Waals surface area contributed by atoms with Gasteiger partial charge in [0.1, 0.15) is 17.1 Å². The van der Waals surface area contributed by atoms with Gasteiger partial charge in [0.15, 0.2) is 0 Å². The Morgan fingerprint density at radius 2 is 1.12 bits per heavy atom. The summed E-state index contributed by atoms with van der Waals surface area (Å²) in [5.41, 5.74) is 14.6. The monoisotopic (exact) mass is 664 g/mol. The summed E-state index contributed by atoms with van der Waals surface area (Å²) in [6.45, 7) is 20.0. The first kappa shape index (κ1) is 35.5. The van der Waals surface area contributed by atoms with Crippen molar-refractivity contribution in [1.29, 1.82) is 0 Å². The molecule has 9 heteroatoms. The number of hydrogen-bond acceptors (Lipinski definition) is 7. The molecule has 0 radical (unpaired) electrons. The quantitative estimate of drug-likeness (QED) is 0.160. The predicted octanol–water partition coefficient (Wildman–Crippen LogP) is 8.37. The van der Waals surface area contributed by atoms with Crippen LogP contribution in [0.15, 0.2) is 90.1 Å². The van der Waals surface area contributed by atoms with Gasteiger partial charge in [-0.25, -0.2) is 24.9 Å². The molecule has 0 unspecified atom stereocenters. The van der Waals surface area contributed by atoms with Crippen LogP contribution < -0.4 is 5.56 Å². The van der Waals surface area contributed by atoms with E-state index in [-0.39, 0.29) is 5.56 Å². The second-order valence-electron chi connectivity index (χ2n) is 12.6. The van der Waals surface area contributed by atoms with E-state index in [0.717, 1.165) is 67.4 Å². The number of nitrogens with zero attached hydrogens (tertiary/aromatic N) is 8. The maximum Gasteiger partial charge on any atom is 0.258 e. The average molecular weight is 665 g/mol. The fraction of sp³-hybridized carbons (Fsp3) is 0.244. The van der Waals surface area contributed by atoms with E-state index in [4.69, 9.17) is 0 Å². The summed E-state index contributed by atoms with van der Waals surface area (Å²) >= 11 is 0. The normalized spacial score (nSPS) is 10.7. The number of benzene rings is 2. The maximum atomic E-state index is 11.5. The molecule has 0 saturated heterocycles. The molecule has 0 bridgehead atoms. The van der Waals surface area contributed by atoms with Crippen molar-refractivity contribution >= 4 is 33.2 Å². The molecule has 254 valence electrons. The molecule has 0 aliphatic rings. The summed E-state index contributed by atoms with van der Waals surface area (Å²) in [4.78, 5) is 37.7. The highest BCUT2D eigenvalue weighted by molar-refractivity contribution is 5.83. The van der Waals surface area contributed by atoms with Crippen LogP contribution >= 0.6 is 0 Å². The fourth-order valence-electron chi connectivity index (χ4n) is 5.66. The van der Waals surface area contributed by atoms with Crippen LogP contribution in [0.1, 0.15) is 56.5 Å². The number of rotatable bonds is 0. The molecule has 0 N–H and O–H groups in total. The average Bonchev–Trinajstić information content (AvgIpc) is 3.37. The van der Waals surface area contributed by atoms with Gasteiger partial charge in [0.05, 0.1) is 27.9 Å². The number of imidazole rings is 1. The van der Waals surface area contributed by atoms with Crippen molar-refractivity contribution in [3.05, 3.63) is 152 Å². The van der Waals surface area contributed by atoms with Crippen molar-refractivity contribution in [2.75, 3.05) is 0 Å². The number of hydrogen-bond donors (Lipinski definition) is 0. The Labute approximate surface area is 292 Å². The number of fused-ring (bicyclic) bond motifs is 4. The second-order valence-corrected chi connectivity index (χ2v) is 12.6. The zero-order valence-corrected chi connectivity index (χ0v) is 30.6. The van der Waals surface area contributed by atoms with E-state index in [1.807, 2.05) is 71.9 Å². The lowest BCUT2D eigenvalue weighted by molar-refractivity contribution is 1.01. The first-order chi connectivity index (χ1) is 23.8. The molecule has 0 fully saturated rings. The van der Waals surface area contributed by atoms with E-state index in [1.54, 1.807) is 16.8 Å². The number of pyridine rings is 2. The third-order valence-corrected chi connectivity index (χ3v) is 8.46. The van der Waals surface area contributed by atoms with Crippen molar-refractivity contribution in [3.63, 3.8) is 0 Å². The molecular weight excluding hydrogens is 621 g/mol. The molecule has 0 saturated carbocycles. The van der Waals surface area contributed by atoms with Crippen LogP contribution in [0.5, 0.6) is 0 Å². The van der Waals surface area contributed by atoms with Gasteiger partial charge in [-0.3, -0.25) is 14.2 Å². The lowest BCUT2D eigenvalue weighted by Gasteiger charge is -2.04. The van der Waals surface area contributed by atoms with Gasteiger partial charge >= 0.3 is 0 Å². The van der Waals surface area contributed by atoms with Crippen molar-refractivity contribution in [2.45, 2.75) is 69.2 Å². The van der Waals surface area contributed by atoms with Crippen molar-refractivity contribution in [3.8, 4) is 0 Å². The minimum Gasteiger partial charge on any atom is -0.304 e. The van der Waals surface area contributed by atoms with Gasteiger partial charge in [-0.2, -0.15) is 0 Å². The minimum absolute atomic E-state index is 0.0220. The molecule has 8 rings (SSSR count). The molecule has 0 aliphatic carbocycles. The Kier molecular flexibility index (Phi) is 10.8. The standard InChI is InChI=1S/C11H12N2.C10H10N2O.C10H12N2.C10H10N2/c1-7-5-4-6-10-8(2)12-9(3)13-11(7)10;1-7-4-3-5-12-9(13)6-8(2)11-10(7)12;1-7-5-4-6-12-9(3)8(2)11-10(7)12;1-7-4-3-5-9-10(7)12-8(2)6-11-9/h4-6H,1-3H3;3-6H,1-2H3;4-6H,1-3H3;3-6H,1-2H3. The first-order valence-electron chi connectivity index (χ1n) is 16.6. The fourth-order valence-corrected chi connectivity index (χ4v) is 5.66. The van der Waals surface area contributed by atoms with Crippen LogP contribution in [-0.4, -0.2) is 38.7 Å². The Balaban J connectivity index is 0.000000130. The van der Waals surface area contributed by atoms with Crippen molar-refractivity contribution in [2.24, 2.45) is 0 Å². The number of aromatic nitrogens is 8. The van der Waals surface area contributed by atoms with Gasteiger partial charge in [-0.05, 0) is 110 Å².